The van der Waals surface area contributed by atoms with E-state index in [9.17, 15) is 0 Å². The molecule has 1 aromatic carbocycles. The van der Waals surface area contributed by atoms with Crippen molar-refractivity contribution in [3.8, 4) is 28.8 Å². The topological polar surface area (TPSA) is 74.6 Å². The normalized spacial score (nSPS) is 11.1. The molecule has 0 saturated heterocycles. The van der Waals surface area contributed by atoms with Gasteiger partial charge in [0.15, 0.2) is 17.5 Å². The molecule has 0 radical (unpaired) electrons. The SMILES string of the molecule is CCc1noc(-c2cccc(-n3ccnc3-c3nccn3CC)c2)n1. The van der Waals surface area contributed by atoms with Crippen molar-refractivity contribution in [3.63, 3.8) is 0 Å². The van der Waals surface area contributed by atoms with Crippen LogP contribution in [0.25, 0.3) is 28.8 Å². The molecule has 0 spiro atoms. The van der Waals surface area contributed by atoms with E-state index in [0.717, 1.165) is 35.9 Å². The highest BCUT2D eigenvalue weighted by molar-refractivity contribution is 5.60. The fourth-order valence-electron chi connectivity index (χ4n) is 2.75. The zero-order valence-electron chi connectivity index (χ0n) is 14.1. The Labute approximate surface area is 145 Å². The van der Waals surface area contributed by atoms with E-state index in [-0.39, 0.29) is 0 Å². The Kier molecular flexibility index (Phi) is 3.89. The molecule has 3 aromatic heterocycles. The minimum Gasteiger partial charge on any atom is -0.334 e. The summed E-state index contributed by atoms with van der Waals surface area (Å²) in [6.45, 7) is 4.92. The molecular weight excluding hydrogens is 316 g/mol. The van der Waals surface area contributed by atoms with Crippen molar-refractivity contribution in [3.05, 3.63) is 54.9 Å². The van der Waals surface area contributed by atoms with Gasteiger partial charge in [-0.2, -0.15) is 4.98 Å². The highest BCUT2D eigenvalue weighted by Crippen LogP contribution is 2.24. The van der Waals surface area contributed by atoms with Crippen molar-refractivity contribution in [2.45, 2.75) is 26.8 Å². The molecule has 0 amide bonds. The average Bonchev–Trinajstić information content (AvgIpc) is 3.40. The lowest BCUT2D eigenvalue weighted by Gasteiger charge is -2.09. The highest BCUT2D eigenvalue weighted by Gasteiger charge is 2.14. The maximum Gasteiger partial charge on any atom is 0.257 e. The summed E-state index contributed by atoms with van der Waals surface area (Å²) in [6.07, 6.45) is 8.19. The van der Waals surface area contributed by atoms with E-state index in [1.54, 1.807) is 12.4 Å². The second kappa shape index (κ2) is 6.35. The molecule has 0 N–H and O–H groups in total. The Hall–Kier alpha value is -3.22. The fraction of sp³-hybridized carbons (Fsp3) is 0.222. The van der Waals surface area contributed by atoms with Crippen LogP contribution in [0.2, 0.25) is 0 Å². The second-order valence-electron chi connectivity index (χ2n) is 5.58. The van der Waals surface area contributed by atoms with Gasteiger partial charge >= 0.3 is 0 Å². The smallest absolute Gasteiger partial charge is 0.257 e. The molecule has 0 fully saturated rings. The van der Waals surface area contributed by atoms with Gasteiger partial charge in [-0.3, -0.25) is 4.57 Å². The minimum atomic E-state index is 0.524. The lowest BCUT2D eigenvalue weighted by Crippen LogP contribution is -2.03. The lowest BCUT2D eigenvalue weighted by molar-refractivity contribution is 0.423. The van der Waals surface area contributed by atoms with Crippen LogP contribution in [0.5, 0.6) is 0 Å². The number of rotatable bonds is 5. The predicted molar refractivity (Wildman–Crippen MR) is 93.1 cm³/mol. The van der Waals surface area contributed by atoms with Crippen molar-refractivity contribution in [1.29, 1.82) is 0 Å². The molecule has 25 heavy (non-hydrogen) atoms. The number of hydrogen-bond donors (Lipinski definition) is 0. The molecule has 0 aliphatic rings. The summed E-state index contributed by atoms with van der Waals surface area (Å²) in [5.41, 5.74) is 1.84. The molecule has 0 aliphatic carbocycles. The van der Waals surface area contributed by atoms with Gasteiger partial charge in [0.05, 0.1) is 0 Å². The van der Waals surface area contributed by atoms with Crippen molar-refractivity contribution in [2.75, 3.05) is 0 Å². The largest absolute Gasteiger partial charge is 0.334 e. The van der Waals surface area contributed by atoms with Crippen LogP contribution in [0.3, 0.4) is 0 Å². The van der Waals surface area contributed by atoms with Gasteiger partial charge in [0.1, 0.15) is 0 Å². The summed E-state index contributed by atoms with van der Waals surface area (Å²) in [4.78, 5) is 13.3. The van der Waals surface area contributed by atoms with E-state index in [1.165, 1.54) is 0 Å². The number of aryl methyl sites for hydroxylation is 2. The Bertz CT molecular complexity index is 996. The molecule has 0 atom stereocenters. The van der Waals surface area contributed by atoms with Crippen molar-refractivity contribution in [1.82, 2.24) is 29.2 Å². The molecule has 4 aromatic rings. The summed E-state index contributed by atoms with van der Waals surface area (Å²) >= 11 is 0. The number of imidazole rings is 2. The first-order chi connectivity index (χ1) is 12.3. The number of hydrogen-bond acceptors (Lipinski definition) is 5. The van der Waals surface area contributed by atoms with Crippen LogP contribution in [0.4, 0.5) is 0 Å². The van der Waals surface area contributed by atoms with Crippen LogP contribution < -0.4 is 0 Å². The summed E-state index contributed by atoms with van der Waals surface area (Å²) in [5.74, 6) is 2.86. The van der Waals surface area contributed by atoms with Crippen LogP contribution in [0.1, 0.15) is 19.7 Å². The quantitative estimate of drug-likeness (QED) is 0.559. The molecule has 3 heterocycles. The van der Waals surface area contributed by atoms with Gasteiger partial charge < -0.3 is 9.09 Å². The summed E-state index contributed by atoms with van der Waals surface area (Å²) in [6, 6.07) is 7.96. The van der Waals surface area contributed by atoms with Gasteiger partial charge in [0.25, 0.3) is 5.89 Å². The predicted octanol–water partition coefficient (Wildman–Crippen LogP) is 3.37. The fourth-order valence-corrected chi connectivity index (χ4v) is 2.75. The van der Waals surface area contributed by atoms with E-state index < -0.39 is 0 Å². The Balaban J connectivity index is 1.77. The lowest BCUT2D eigenvalue weighted by atomic mass is 10.2. The standard InChI is InChI=1S/C18H18N6O/c1-3-15-21-18(25-22-15)13-6-5-7-14(12-13)24-11-9-20-17(24)16-19-8-10-23(16)4-2/h5-12H,3-4H2,1-2H3. The molecule has 7 heteroatoms. The van der Waals surface area contributed by atoms with Gasteiger partial charge in [0.2, 0.25) is 0 Å². The van der Waals surface area contributed by atoms with E-state index in [4.69, 9.17) is 4.52 Å². The highest BCUT2D eigenvalue weighted by atomic mass is 16.5. The molecule has 0 bridgehead atoms. The number of benzene rings is 1. The zero-order chi connectivity index (χ0) is 17.2. The average molecular weight is 334 g/mol. The summed E-state index contributed by atoms with van der Waals surface area (Å²) < 4.78 is 9.42. The first-order valence-electron chi connectivity index (χ1n) is 8.28. The van der Waals surface area contributed by atoms with Crippen LogP contribution in [0, 0.1) is 0 Å². The van der Waals surface area contributed by atoms with Crippen molar-refractivity contribution < 1.29 is 4.52 Å². The Morgan fingerprint density at radius 2 is 1.88 bits per heavy atom. The van der Waals surface area contributed by atoms with E-state index in [2.05, 4.69) is 31.6 Å². The maximum absolute atomic E-state index is 5.35. The Morgan fingerprint density at radius 3 is 2.68 bits per heavy atom. The Morgan fingerprint density at radius 1 is 1.04 bits per heavy atom. The first-order valence-corrected chi connectivity index (χ1v) is 8.28. The minimum absolute atomic E-state index is 0.524. The molecule has 4 rings (SSSR count). The molecule has 7 nitrogen and oxygen atoms in total. The molecule has 0 aliphatic heterocycles. The van der Waals surface area contributed by atoms with E-state index in [0.29, 0.717) is 11.7 Å². The number of aromatic nitrogens is 6. The maximum atomic E-state index is 5.35. The van der Waals surface area contributed by atoms with Crippen LogP contribution in [-0.4, -0.2) is 29.2 Å². The zero-order valence-corrected chi connectivity index (χ0v) is 14.1. The molecular formula is C18H18N6O. The van der Waals surface area contributed by atoms with Gasteiger partial charge in [-0.1, -0.05) is 18.1 Å². The van der Waals surface area contributed by atoms with Crippen LogP contribution >= 0.6 is 0 Å². The third-order valence-corrected chi connectivity index (χ3v) is 4.05. The first kappa shape index (κ1) is 15.3. The number of nitrogens with zero attached hydrogens (tertiary/aromatic N) is 6. The molecule has 126 valence electrons. The van der Waals surface area contributed by atoms with Gasteiger partial charge in [0, 0.05) is 49.0 Å². The third-order valence-electron chi connectivity index (χ3n) is 4.05. The van der Waals surface area contributed by atoms with Crippen molar-refractivity contribution >= 4 is 0 Å². The van der Waals surface area contributed by atoms with Gasteiger partial charge in [-0.15, -0.1) is 0 Å². The summed E-state index contributed by atoms with van der Waals surface area (Å²) in [7, 11) is 0. The van der Waals surface area contributed by atoms with E-state index >= 15 is 0 Å². The van der Waals surface area contributed by atoms with Crippen LogP contribution in [0.15, 0.2) is 53.6 Å². The van der Waals surface area contributed by atoms with Gasteiger partial charge in [-0.25, -0.2) is 9.97 Å². The monoisotopic (exact) mass is 334 g/mol. The second-order valence-corrected chi connectivity index (χ2v) is 5.58. The summed E-state index contributed by atoms with van der Waals surface area (Å²) in [5, 5.41) is 3.97. The third kappa shape index (κ3) is 2.73. The van der Waals surface area contributed by atoms with Crippen LogP contribution in [-0.2, 0) is 13.0 Å². The molecule has 0 unspecified atom stereocenters. The van der Waals surface area contributed by atoms with Gasteiger partial charge in [-0.05, 0) is 25.1 Å². The van der Waals surface area contributed by atoms with Crippen molar-refractivity contribution in [2.24, 2.45) is 0 Å². The van der Waals surface area contributed by atoms with E-state index in [1.807, 2.05) is 48.1 Å². The molecule has 0 saturated carbocycles.